The second-order valence-electron chi connectivity index (χ2n) is 5.64. The molecule has 7 nitrogen and oxygen atoms in total. The molecule has 0 bridgehead atoms. The fraction of sp³-hybridized carbons (Fsp3) is 0.235. The van der Waals surface area contributed by atoms with E-state index >= 15 is 0 Å². The third kappa shape index (κ3) is 4.27. The van der Waals surface area contributed by atoms with Gasteiger partial charge in [-0.25, -0.2) is 13.1 Å². The lowest BCUT2D eigenvalue weighted by Gasteiger charge is -2.19. The first-order valence-electron chi connectivity index (χ1n) is 7.80. The summed E-state index contributed by atoms with van der Waals surface area (Å²) in [6.45, 7) is 2.21. The van der Waals surface area contributed by atoms with Crippen LogP contribution in [-0.4, -0.2) is 34.1 Å². The minimum Gasteiger partial charge on any atom is -0.486 e. The van der Waals surface area contributed by atoms with Gasteiger partial charge in [0, 0.05) is 16.8 Å². The molecule has 9 heteroatoms. The van der Waals surface area contributed by atoms with E-state index in [1.807, 2.05) is 0 Å². The summed E-state index contributed by atoms with van der Waals surface area (Å²) in [5, 5.41) is 3.09. The number of aryl methyl sites for hydroxylation is 1. The van der Waals surface area contributed by atoms with Gasteiger partial charge in [-0.05, 0) is 42.8 Å². The van der Waals surface area contributed by atoms with Crippen molar-refractivity contribution in [1.29, 1.82) is 0 Å². The van der Waals surface area contributed by atoms with Gasteiger partial charge in [-0.2, -0.15) is 0 Å². The molecular weight excluding hydrogens is 380 g/mol. The maximum absolute atomic E-state index is 12.3. The molecule has 1 heterocycles. The third-order valence-electron chi connectivity index (χ3n) is 3.69. The monoisotopic (exact) mass is 396 g/mol. The number of fused-ring (bicyclic) bond motifs is 1. The number of hydrogen-bond acceptors (Lipinski definition) is 5. The van der Waals surface area contributed by atoms with E-state index in [1.54, 1.807) is 25.1 Å². The second-order valence-corrected chi connectivity index (χ2v) is 7.82. The van der Waals surface area contributed by atoms with Crippen LogP contribution in [0.5, 0.6) is 11.5 Å². The number of halogens is 1. The molecule has 2 aromatic carbocycles. The maximum Gasteiger partial charge on any atom is 0.241 e. The maximum atomic E-state index is 12.3. The average molecular weight is 397 g/mol. The van der Waals surface area contributed by atoms with Crippen LogP contribution in [0.2, 0.25) is 5.02 Å². The van der Waals surface area contributed by atoms with E-state index in [2.05, 4.69) is 10.0 Å². The van der Waals surface area contributed by atoms with Crippen LogP contribution in [0.25, 0.3) is 0 Å². The lowest BCUT2D eigenvalue weighted by Crippen LogP contribution is -2.33. The molecule has 1 aliphatic heterocycles. The molecule has 3 rings (SSSR count). The van der Waals surface area contributed by atoms with E-state index in [0.717, 1.165) is 0 Å². The Morgan fingerprint density at radius 1 is 1.12 bits per heavy atom. The minimum absolute atomic E-state index is 0.0477. The first-order valence-corrected chi connectivity index (χ1v) is 9.66. The Morgan fingerprint density at radius 3 is 2.58 bits per heavy atom. The standard InChI is InChI=1S/C17H17ClN2O5S/c1-11-8-13(3-4-14(11)18)26(22,23)19-10-17(21)20-12-2-5-15-16(9-12)25-7-6-24-15/h2-5,8-9,19H,6-7,10H2,1H3,(H,20,21). The number of ether oxygens (including phenoxy) is 2. The van der Waals surface area contributed by atoms with Crippen molar-refractivity contribution in [3.05, 3.63) is 47.0 Å². The van der Waals surface area contributed by atoms with Gasteiger partial charge in [0.1, 0.15) is 13.2 Å². The van der Waals surface area contributed by atoms with Gasteiger partial charge in [0.15, 0.2) is 11.5 Å². The van der Waals surface area contributed by atoms with Crippen molar-refractivity contribution in [1.82, 2.24) is 4.72 Å². The van der Waals surface area contributed by atoms with Crippen LogP contribution < -0.4 is 19.5 Å². The summed E-state index contributed by atoms with van der Waals surface area (Å²) in [6.07, 6.45) is 0. The van der Waals surface area contributed by atoms with Crippen LogP contribution in [0.15, 0.2) is 41.3 Å². The summed E-state index contributed by atoms with van der Waals surface area (Å²) in [6, 6.07) is 9.30. The van der Waals surface area contributed by atoms with Gasteiger partial charge in [-0.15, -0.1) is 0 Å². The lowest BCUT2D eigenvalue weighted by molar-refractivity contribution is -0.115. The molecule has 0 saturated carbocycles. The van der Waals surface area contributed by atoms with Crippen LogP contribution in [-0.2, 0) is 14.8 Å². The Morgan fingerprint density at radius 2 is 1.85 bits per heavy atom. The van der Waals surface area contributed by atoms with Crippen LogP contribution in [0.3, 0.4) is 0 Å². The molecule has 0 fully saturated rings. The molecule has 0 atom stereocenters. The molecule has 0 aromatic heterocycles. The number of hydrogen-bond donors (Lipinski definition) is 2. The predicted octanol–water partition coefficient (Wildman–Crippen LogP) is 2.34. The Balaban J connectivity index is 1.62. The molecule has 2 N–H and O–H groups in total. The molecule has 1 amide bonds. The number of nitrogens with one attached hydrogen (secondary N) is 2. The topological polar surface area (TPSA) is 93.7 Å². The van der Waals surface area contributed by atoms with E-state index in [0.29, 0.717) is 41.0 Å². The Labute approximate surface area is 156 Å². The van der Waals surface area contributed by atoms with Gasteiger partial charge >= 0.3 is 0 Å². The van der Waals surface area contributed by atoms with Crippen LogP contribution in [0.4, 0.5) is 5.69 Å². The van der Waals surface area contributed by atoms with Crippen LogP contribution in [0.1, 0.15) is 5.56 Å². The average Bonchev–Trinajstić information content (AvgIpc) is 2.62. The van der Waals surface area contributed by atoms with E-state index in [1.165, 1.54) is 18.2 Å². The summed E-state index contributed by atoms with van der Waals surface area (Å²) in [7, 11) is -3.82. The molecule has 26 heavy (non-hydrogen) atoms. The Kier molecular flexibility index (Phi) is 5.36. The lowest BCUT2D eigenvalue weighted by atomic mass is 10.2. The zero-order valence-electron chi connectivity index (χ0n) is 13.9. The van der Waals surface area contributed by atoms with Crippen LogP contribution >= 0.6 is 11.6 Å². The second kappa shape index (κ2) is 7.53. The fourth-order valence-electron chi connectivity index (χ4n) is 2.35. The first kappa shape index (κ1) is 18.5. The van der Waals surface area contributed by atoms with Crippen molar-refractivity contribution in [2.45, 2.75) is 11.8 Å². The Bertz CT molecular complexity index is 946. The van der Waals surface area contributed by atoms with E-state index in [-0.39, 0.29) is 4.90 Å². The molecule has 138 valence electrons. The van der Waals surface area contributed by atoms with Crippen molar-refractivity contribution in [2.24, 2.45) is 0 Å². The van der Waals surface area contributed by atoms with Gasteiger partial charge in [0.25, 0.3) is 0 Å². The van der Waals surface area contributed by atoms with Crippen molar-refractivity contribution in [3.8, 4) is 11.5 Å². The third-order valence-corrected chi connectivity index (χ3v) is 5.51. The highest BCUT2D eigenvalue weighted by Gasteiger charge is 2.17. The number of carbonyl (C=O) groups excluding carboxylic acids is 1. The normalized spacial score (nSPS) is 13.3. The van der Waals surface area contributed by atoms with Gasteiger partial charge in [0.2, 0.25) is 15.9 Å². The molecule has 1 aliphatic rings. The molecular formula is C17H17ClN2O5S. The van der Waals surface area contributed by atoms with Gasteiger partial charge < -0.3 is 14.8 Å². The number of rotatable bonds is 5. The van der Waals surface area contributed by atoms with Crippen molar-refractivity contribution in [3.63, 3.8) is 0 Å². The zero-order valence-corrected chi connectivity index (χ0v) is 15.5. The van der Waals surface area contributed by atoms with Crippen molar-refractivity contribution < 1.29 is 22.7 Å². The van der Waals surface area contributed by atoms with Crippen LogP contribution in [0, 0.1) is 6.92 Å². The summed E-state index contributed by atoms with van der Waals surface area (Å²) in [5.74, 6) is 0.635. The van der Waals surface area contributed by atoms with Gasteiger partial charge in [0.05, 0.1) is 11.4 Å². The predicted molar refractivity (Wildman–Crippen MR) is 97.4 cm³/mol. The highest BCUT2D eigenvalue weighted by atomic mass is 35.5. The van der Waals surface area contributed by atoms with E-state index in [9.17, 15) is 13.2 Å². The van der Waals surface area contributed by atoms with Crippen molar-refractivity contribution in [2.75, 3.05) is 25.1 Å². The molecule has 0 radical (unpaired) electrons. The molecule has 0 spiro atoms. The van der Waals surface area contributed by atoms with E-state index in [4.69, 9.17) is 21.1 Å². The molecule has 0 aliphatic carbocycles. The highest BCUT2D eigenvalue weighted by Crippen LogP contribution is 2.32. The summed E-state index contributed by atoms with van der Waals surface area (Å²) >= 11 is 5.90. The Hall–Kier alpha value is -2.29. The SMILES string of the molecule is Cc1cc(S(=O)(=O)NCC(=O)Nc2ccc3c(c2)OCCO3)ccc1Cl. The zero-order chi connectivity index (χ0) is 18.7. The largest absolute Gasteiger partial charge is 0.486 e. The van der Waals surface area contributed by atoms with Gasteiger partial charge in [-0.3, -0.25) is 4.79 Å². The highest BCUT2D eigenvalue weighted by molar-refractivity contribution is 7.89. The summed E-state index contributed by atoms with van der Waals surface area (Å²) < 4.78 is 37.7. The number of sulfonamides is 1. The number of carbonyl (C=O) groups is 1. The molecule has 2 aromatic rings. The molecule has 0 unspecified atom stereocenters. The minimum atomic E-state index is -3.82. The number of benzene rings is 2. The van der Waals surface area contributed by atoms with Gasteiger partial charge in [-0.1, -0.05) is 11.6 Å². The van der Waals surface area contributed by atoms with E-state index < -0.39 is 22.5 Å². The summed E-state index contributed by atoms with van der Waals surface area (Å²) in [5.41, 5.74) is 1.12. The summed E-state index contributed by atoms with van der Waals surface area (Å²) in [4.78, 5) is 12.1. The number of anilines is 1. The quantitative estimate of drug-likeness (QED) is 0.809. The molecule has 0 saturated heterocycles. The van der Waals surface area contributed by atoms with Crippen molar-refractivity contribution >= 4 is 33.2 Å². The first-order chi connectivity index (χ1) is 12.3. The number of amides is 1. The fourth-order valence-corrected chi connectivity index (χ4v) is 3.54. The smallest absolute Gasteiger partial charge is 0.241 e.